The number of hydrogen-bond acceptors (Lipinski definition) is 2. The van der Waals surface area contributed by atoms with Gasteiger partial charge in [0.1, 0.15) is 0 Å². The summed E-state index contributed by atoms with van der Waals surface area (Å²) in [6, 6.07) is 7.38. The Bertz CT molecular complexity index is 399. The molecule has 0 saturated heterocycles. The van der Waals surface area contributed by atoms with E-state index in [2.05, 4.69) is 23.5 Å². The SMILES string of the molecule is CCC(=NNC(N)=O)c1ccccc1CC. The summed E-state index contributed by atoms with van der Waals surface area (Å²) in [6.45, 7) is 4.08. The van der Waals surface area contributed by atoms with Gasteiger partial charge in [-0.25, -0.2) is 10.2 Å². The van der Waals surface area contributed by atoms with Crippen LogP contribution in [-0.4, -0.2) is 11.7 Å². The number of hydrogen-bond donors (Lipinski definition) is 2. The fraction of sp³-hybridized carbons (Fsp3) is 0.333. The van der Waals surface area contributed by atoms with Crippen molar-refractivity contribution in [2.75, 3.05) is 0 Å². The van der Waals surface area contributed by atoms with Gasteiger partial charge in [-0.15, -0.1) is 0 Å². The fourth-order valence-electron chi connectivity index (χ4n) is 1.56. The van der Waals surface area contributed by atoms with E-state index in [9.17, 15) is 4.79 Å². The topological polar surface area (TPSA) is 67.5 Å². The second-order valence-electron chi connectivity index (χ2n) is 3.40. The molecule has 16 heavy (non-hydrogen) atoms. The van der Waals surface area contributed by atoms with Crippen LogP contribution >= 0.6 is 0 Å². The zero-order chi connectivity index (χ0) is 12.0. The molecule has 4 nitrogen and oxygen atoms in total. The Morgan fingerprint density at radius 3 is 2.62 bits per heavy atom. The van der Waals surface area contributed by atoms with E-state index in [0.717, 1.165) is 24.1 Å². The van der Waals surface area contributed by atoms with Gasteiger partial charge in [-0.05, 0) is 18.4 Å². The third-order valence-corrected chi connectivity index (χ3v) is 2.35. The van der Waals surface area contributed by atoms with E-state index in [1.165, 1.54) is 5.56 Å². The van der Waals surface area contributed by atoms with E-state index in [0.29, 0.717) is 0 Å². The first-order valence-corrected chi connectivity index (χ1v) is 5.39. The van der Waals surface area contributed by atoms with E-state index in [1.807, 2.05) is 25.1 Å². The van der Waals surface area contributed by atoms with Crippen molar-refractivity contribution < 1.29 is 4.79 Å². The first-order valence-electron chi connectivity index (χ1n) is 5.39. The van der Waals surface area contributed by atoms with Gasteiger partial charge >= 0.3 is 6.03 Å². The first kappa shape index (κ1) is 12.2. The van der Waals surface area contributed by atoms with Crippen LogP contribution in [0.5, 0.6) is 0 Å². The lowest BCUT2D eigenvalue weighted by Gasteiger charge is -2.08. The zero-order valence-electron chi connectivity index (χ0n) is 9.66. The van der Waals surface area contributed by atoms with Gasteiger partial charge in [-0.2, -0.15) is 5.10 Å². The summed E-state index contributed by atoms with van der Waals surface area (Å²) in [4.78, 5) is 10.6. The van der Waals surface area contributed by atoms with Crippen LogP contribution in [0.15, 0.2) is 29.4 Å². The highest BCUT2D eigenvalue weighted by molar-refractivity contribution is 6.02. The van der Waals surface area contributed by atoms with E-state index in [1.54, 1.807) is 0 Å². The lowest BCUT2D eigenvalue weighted by atomic mass is 10.00. The number of amides is 2. The van der Waals surface area contributed by atoms with Crippen LogP contribution in [0.2, 0.25) is 0 Å². The highest BCUT2D eigenvalue weighted by Gasteiger charge is 2.06. The summed E-state index contributed by atoms with van der Waals surface area (Å²) < 4.78 is 0. The second-order valence-corrected chi connectivity index (χ2v) is 3.40. The summed E-state index contributed by atoms with van der Waals surface area (Å²) in [5.74, 6) is 0. The quantitative estimate of drug-likeness (QED) is 0.590. The lowest BCUT2D eigenvalue weighted by molar-refractivity contribution is 0.249. The highest BCUT2D eigenvalue weighted by atomic mass is 16.2. The lowest BCUT2D eigenvalue weighted by Crippen LogP contribution is -2.26. The largest absolute Gasteiger partial charge is 0.350 e. The molecule has 0 saturated carbocycles. The number of carbonyl (C=O) groups is 1. The molecule has 1 rings (SSSR count). The van der Waals surface area contributed by atoms with Crippen molar-refractivity contribution in [3.63, 3.8) is 0 Å². The summed E-state index contributed by atoms with van der Waals surface area (Å²) in [5, 5.41) is 4.01. The Labute approximate surface area is 95.5 Å². The molecule has 1 aromatic carbocycles. The Balaban J connectivity index is 3.03. The molecular formula is C12H17N3O. The minimum absolute atomic E-state index is 0.639. The molecule has 0 unspecified atom stereocenters. The van der Waals surface area contributed by atoms with Crippen LogP contribution in [0.3, 0.4) is 0 Å². The molecule has 0 fully saturated rings. The number of primary amides is 1. The van der Waals surface area contributed by atoms with Gasteiger partial charge in [0.15, 0.2) is 0 Å². The van der Waals surface area contributed by atoms with Gasteiger partial charge in [-0.1, -0.05) is 38.1 Å². The number of hydrazone groups is 1. The molecule has 0 bridgehead atoms. The number of nitrogens with two attached hydrogens (primary N) is 1. The molecule has 0 aliphatic carbocycles. The summed E-state index contributed by atoms with van der Waals surface area (Å²) in [6.07, 6.45) is 1.68. The third kappa shape index (κ3) is 3.08. The smallest absolute Gasteiger partial charge is 0.332 e. The number of aryl methyl sites for hydroxylation is 1. The average Bonchev–Trinajstić information content (AvgIpc) is 2.30. The fourth-order valence-corrected chi connectivity index (χ4v) is 1.56. The van der Waals surface area contributed by atoms with E-state index in [4.69, 9.17) is 5.73 Å². The summed E-state index contributed by atoms with van der Waals surface area (Å²) in [7, 11) is 0. The predicted molar refractivity (Wildman–Crippen MR) is 65.4 cm³/mol. The molecule has 0 radical (unpaired) electrons. The van der Waals surface area contributed by atoms with Crippen molar-refractivity contribution in [3.8, 4) is 0 Å². The van der Waals surface area contributed by atoms with E-state index >= 15 is 0 Å². The maximum absolute atomic E-state index is 10.6. The monoisotopic (exact) mass is 219 g/mol. The number of benzene rings is 1. The van der Waals surface area contributed by atoms with Crippen molar-refractivity contribution in [2.45, 2.75) is 26.7 Å². The Kier molecular flexibility index (Phi) is 4.51. The van der Waals surface area contributed by atoms with Crippen molar-refractivity contribution in [1.82, 2.24) is 5.43 Å². The number of carbonyl (C=O) groups excluding carboxylic acids is 1. The Hall–Kier alpha value is -1.84. The highest BCUT2D eigenvalue weighted by Crippen LogP contribution is 2.12. The Morgan fingerprint density at radius 1 is 1.38 bits per heavy atom. The first-order chi connectivity index (χ1) is 7.69. The molecule has 0 aromatic heterocycles. The van der Waals surface area contributed by atoms with Gasteiger partial charge in [-0.3, -0.25) is 0 Å². The molecular weight excluding hydrogens is 202 g/mol. The van der Waals surface area contributed by atoms with Crippen LogP contribution in [0.1, 0.15) is 31.4 Å². The number of urea groups is 1. The molecule has 4 heteroatoms. The van der Waals surface area contributed by atoms with Crippen molar-refractivity contribution in [2.24, 2.45) is 10.8 Å². The second kappa shape index (κ2) is 5.90. The summed E-state index contributed by atoms with van der Waals surface area (Å²) >= 11 is 0. The molecule has 0 atom stereocenters. The van der Waals surface area contributed by atoms with Crippen LogP contribution in [0.25, 0.3) is 0 Å². The number of nitrogens with zero attached hydrogens (tertiary/aromatic N) is 1. The number of rotatable bonds is 4. The van der Waals surface area contributed by atoms with Crippen molar-refractivity contribution >= 4 is 11.7 Å². The minimum atomic E-state index is -0.639. The molecule has 0 aliphatic heterocycles. The van der Waals surface area contributed by atoms with Crippen LogP contribution in [0.4, 0.5) is 4.79 Å². The average molecular weight is 219 g/mol. The minimum Gasteiger partial charge on any atom is -0.350 e. The zero-order valence-corrected chi connectivity index (χ0v) is 9.66. The standard InChI is InChI=1S/C12H17N3O/c1-3-9-7-5-6-8-10(9)11(4-2)14-15-12(13)16/h5-8H,3-4H2,1-2H3,(H3,13,15,16). The maximum Gasteiger partial charge on any atom is 0.332 e. The van der Waals surface area contributed by atoms with Gasteiger partial charge in [0.25, 0.3) is 0 Å². The van der Waals surface area contributed by atoms with Crippen LogP contribution in [0, 0.1) is 0 Å². The maximum atomic E-state index is 10.6. The summed E-state index contributed by atoms with van der Waals surface area (Å²) in [5.41, 5.74) is 10.4. The van der Waals surface area contributed by atoms with Gasteiger partial charge < -0.3 is 5.73 Å². The third-order valence-electron chi connectivity index (χ3n) is 2.35. The van der Waals surface area contributed by atoms with Gasteiger partial charge in [0, 0.05) is 5.56 Å². The van der Waals surface area contributed by atoms with Gasteiger partial charge in [0.2, 0.25) is 0 Å². The van der Waals surface area contributed by atoms with Crippen LogP contribution < -0.4 is 11.2 Å². The predicted octanol–water partition coefficient (Wildman–Crippen LogP) is 2.03. The molecule has 3 N–H and O–H groups in total. The molecule has 1 aromatic rings. The van der Waals surface area contributed by atoms with Crippen LogP contribution in [-0.2, 0) is 6.42 Å². The van der Waals surface area contributed by atoms with Crippen molar-refractivity contribution in [3.05, 3.63) is 35.4 Å². The van der Waals surface area contributed by atoms with E-state index in [-0.39, 0.29) is 0 Å². The molecule has 0 spiro atoms. The molecule has 2 amide bonds. The van der Waals surface area contributed by atoms with Crippen molar-refractivity contribution in [1.29, 1.82) is 0 Å². The normalized spacial score (nSPS) is 11.2. The number of nitrogens with one attached hydrogen (secondary N) is 1. The molecule has 0 aliphatic rings. The van der Waals surface area contributed by atoms with Gasteiger partial charge in [0.05, 0.1) is 5.71 Å². The van der Waals surface area contributed by atoms with E-state index < -0.39 is 6.03 Å². The Morgan fingerprint density at radius 2 is 2.06 bits per heavy atom. The molecule has 0 heterocycles. The molecule has 86 valence electrons.